The van der Waals surface area contributed by atoms with Crippen LogP contribution in [0.4, 0.5) is 13.2 Å². The highest BCUT2D eigenvalue weighted by molar-refractivity contribution is 5.78. The molecule has 5 nitrogen and oxygen atoms in total. The van der Waals surface area contributed by atoms with E-state index in [-0.39, 0.29) is 18.6 Å². The molecule has 0 aliphatic carbocycles. The van der Waals surface area contributed by atoms with Crippen LogP contribution in [-0.4, -0.2) is 41.0 Å². The molecule has 0 bridgehead atoms. The summed E-state index contributed by atoms with van der Waals surface area (Å²) < 4.78 is 37.4. The van der Waals surface area contributed by atoms with E-state index in [2.05, 4.69) is 10.4 Å². The first-order valence-corrected chi connectivity index (χ1v) is 5.85. The summed E-state index contributed by atoms with van der Waals surface area (Å²) in [7, 11) is 0. The molecule has 0 saturated carbocycles. The zero-order chi connectivity index (χ0) is 14.5. The fourth-order valence-corrected chi connectivity index (χ4v) is 1.44. The number of hydrogen-bond acceptors (Lipinski definition) is 3. The van der Waals surface area contributed by atoms with Gasteiger partial charge in [-0.05, 0) is 19.9 Å². The smallest absolute Gasteiger partial charge is 0.346 e. The van der Waals surface area contributed by atoms with Crippen LogP contribution in [0.3, 0.4) is 0 Å². The van der Waals surface area contributed by atoms with Gasteiger partial charge in [0.15, 0.2) is 0 Å². The molecule has 108 valence electrons. The van der Waals surface area contributed by atoms with Gasteiger partial charge in [0.2, 0.25) is 5.91 Å². The molecule has 1 rings (SSSR count). The molecule has 0 fully saturated rings. The van der Waals surface area contributed by atoms with Crippen molar-refractivity contribution < 1.29 is 18.0 Å². The van der Waals surface area contributed by atoms with Gasteiger partial charge in [-0.3, -0.25) is 9.48 Å². The quantitative estimate of drug-likeness (QED) is 0.819. The Hall–Kier alpha value is -1.57. The van der Waals surface area contributed by atoms with Crippen molar-refractivity contribution in [3.05, 3.63) is 18.5 Å². The number of alkyl halides is 3. The Kier molecular flexibility index (Phi) is 5.34. The summed E-state index contributed by atoms with van der Waals surface area (Å²) in [4.78, 5) is 11.2. The van der Waals surface area contributed by atoms with Gasteiger partial charge >= 0.3 is 6.18 Å². The lowest BCUT2D eigenvalue weighted by Crippen LogP contribution is -2.43. The van der Waals surface area contributed by atoms with Gasteiger partial charge in [0.25, 0.3) is 0 Å². The van der Waals surface area contributed by atoms with E-state index in [0.29, 0.717) is 0 Å². The summed E-state index contributed by atoms with van der Waals surface area (Å²) in [6, 6.07) is 1.67. The number of halogens is 3. The Bertz CT molecular complexity index is 391. The third kappa shape index (κ3) is 5.73. The number of hydrogen-bond donors (Lipinski definition) is 2. The number of carbonyl (C=O) groups excluding carboxylic acids is 1. The van der Waals surface area contributed by atoms with Gasteiger partial charge in [-0.25, -0.2) is 0 Å². The number of nitrogens with one attached hydrogen (secondary N) is 2. The Morgan fingerprint density at radius 3 is 2.63 bits per heavy atom. The van der Waals surface area contributed by atoms with Crippen molar-refractivity contribution in [3.63, 3.8) is 0 Å². The first kappa shape index (κ1) is 15.5. The van der Waals surface area contributed by atoms with Crippen LogP contribution in [0.2, 0.25) is 0 Å². The largest absolute Gasteiger partial charge is 0.405 e. The van der Waals surface area contributed by atoms with E-state index >= 15 is 0 Å². The Morgan fingerprint density at radius 1 is 1.42 bits per heavy atom. The van der Waals surface area contributed by atoms with Gasteiger partial charge in [-0.15, -0.1) is 0 Å². The minimum absolute atomic E-state index is 0.00887. The van der Waals surface area contributed by atoms with Crippen LogP contribution in [0.25, 0.3) is 0 Å². The summed E-state index contributed by atoms with van der Waals surface area (Å²) in [6.45, 7) is 2.27. The van der Waals surface area contributed by atoms with E-state index in [9.17, 15) is 18.0 Å². The van der Waals surface area contributed by atoms with Crippen molar-refractivity contribution in [2.75, 3.05) is 13.1 Å². The van der Waals surface area contributed by atoms with E-state index in [1.807, 2.05) is 13.8 Å². The molecule has 2 N–H and O–H groups in total. The van der Waals surface area contributed by atoms with Gasteiger partial charge < -0.3 is 10.6 Å². The molecule has 0 unspecified atom stereocenters. The highest BCUT2D eigenvalue weighted by Crippen LogP contribution is 2.12. The highest BCUT2D eigenvalue weighted by Gasteiger charge is 2.27. The first-order valence-electron chi connectivity index (χ1n) is 5.85. The second-order valence-corrected chi connectivity index (χ2v) is 4.29. The van der Waals surface area contributed by atoms with Crippen molar-refractivity contribution in [3.8, 4) is 0 Å². The number of carbonyl (C=O) groups is 1. The molecule has 0 saturated heterocycles. The van der Waals surface area contributed by atoms with Crippen LogP contribution < -0.4 is 10.6 Å². The molecular formula is C11H17F3N4O. The Morgan fingerprint density at radius 2 is 2.11 bits per heavy atom. The molecule has 1 heterocycles. The highest BCUT2D eigenvalue weighted by atomic mass is 19.4. The predicted octanol–water partition coefficient (Wildman–Crippen LogP) is 1.10. The monoisotopic (exact) mass is 278 g/mol. The maximum Gasteiger partial charge on any atom is 0.405 e. The molecule has 19 heavy (non-hydrogen) atoms. The topological polar surface area (TPSA) is 59.0 Å². The van der Waals surface area contributed by atoms with E-state index in [0.717, 1.165) is 0 Å². The standard InChI is InChI=1S/C11H17F3N4O/c1-8(9(2)18-5-3-4-17-18)15-6-10(19)16-7-11(12,13)14/h3-5,8-9,15H,6-7H2,1-2H3,(H,16,19)/t8-,9+/m0/s1. The first-order chi connectivity index (χ1) is 8.79. The zero-order valence-corrected chi connectivity index (χ0v) is 10.7. The Balaban J connectivity index is 2.30. The van der Waals surface area contributed by atoms with Crippen LogP contribution in [-0.2, 0) is 4.79 Å². The van der Waals surface area contributed by atoms with Crippen molar-refractivity contribution in [1.82, 2.24) is 20.4 Å². The molecule has 0 aliphatic rings. The van der Waals surface area contributed by atoms with Crippen molar-refractivity contribution in [2.24, 2.45) is 0 Å². The normalized spacial score (nSPS) is 15.0. The number of nitrogens with zero attached hydrogens (tertiary/aromatic N) is 2. The fraction of sp³-hybridized carbons (Fsp3) is 0.636. The summed E-state index contributed by atoms with van der Waals surface area (Å²) in [6.07, 6.45) is -0.963. The molecule has 0 radical (unpaired) electrons. The second-order valence-electron chi connectivity index (χ2n) is 4.29. The molecule has 0 aliphatic heterocycles. The van der Waals surface area contributed by atoms with Crippen LogP contribution in [0, 0.1) is 0 Å². The lowest BCUT2D eigenvalue weighted by Gasteiger charge is -2.21. The van der Waals surface area contributed by atoms with E-state index in [1.165, 1.54) is 0 Å². The molecular weight excluding hydrogens is 261 g/mol. The predicted molar refractivity (Wildman–Crippen MR) is 63.5 cm³/mol. The van der Waals surface area contributed by atoms with Crippen LogP contribution >= 0.6 is 0 Å². The maximum atomic E-state index is 11.9. The molecule has 1 amide bonds. The van der Waals surface area contributed by atoms with Gasteiger partial charge in [-0.2, -0.15) is 18.3 Å². The lowest BCUT2D eigenvalue weighted by atomic mass is 10.2. The van der Waals surface area contributed by atoms with Crippen molar-refractivity contribution >= 4 is 5.91 Å². The molecule has 1 aromatic heterocycles. The molecule has 2 atom stereocenters. The van der Waals surface area contributed by atoms with Crippen LogP contribution in [0.15, 0.2) is 18.5 Å². The van der Waals surface area contributed by atoms with Crippen molar-refractivity contribution in [2.45, 2.75) is 32.1 Å². The molecule has 1 aromatic rings. The van der Waals surface area contributed by atoms with Gasteiger partial charge in [0, 0.05) is 18.4 Å². The zero-order valence-electron chi connectivity index (χ0n) is 10.7. The second kappa shape index (κ2) is 6.55. The van der Waals surface area contributed by atoms with Gasteiger partial charge in [0.05, 0.1) is 12.6 Å². The SMILES string of the molecule is C[C@H](NCC(=O)NCC(F)(F)F)[C@@H](C)n1cccn1. The minimum atomic E-state index is -4.39. The third-order valence-corrected chi connectivity index (χ3v) is 2.74. The van der Waals surface area contributed by atoms with Gasteiger partial charge in [0.1, 0.15) is 6.54 Å². The number of aromatic nitrogens is 2. The summed E-state index contributed by atoms with van der Waals surface area (Å²) in [5.41, 5.74) is 0. The lowest BCUT2D eigenvalue weighted by molar-refractivity contribution is -0.138. The minimum Gasteiger partial charge on any atom is -0.346 e. The maximum absolute atomic E-state index is 11.9. The average Bonchev–Trinajstić information content (AvgIpc) is 2.85. The summed E-state index contributed by atoms with van der Waals surface area (Å²) in [5, 5.41) is 8.73. The summed E-state index contributed by atoms with van der Waals surface area (Å²) in [5.74, 6) is -0.683. The van der Waals surface area contributed by atoms with Crippen LogP contribution in [0.1, 0.15) is 19.9 Å². The molecule has 8 heteroatoms. The van der Waals surface area contributed by atoms with Crippen molar-refractivity contribution in [1.29, 1.82) is 0 Å². The molecule has 0 spiro atoms. The third-order valence-electron chi connectivity index (χ3n) is 2.74. The average molecular weight is 278 g/mol. The van der Waals surface area contributed by atoms with Gasteiger partial charge in [-0.1, -0.05) is 0 Å². The summed E-state index contributed by atoms with van der Waals surface area (Å²) >= 11 is 0. The van der Waals surface area contributed by atoms with E-state index in [4.69, 9.17) is 0 Å². The Labute approximate surface area is 109 Å². The number of rotatable bonds is 6. The number of amides is 1. The molecule has 0 aromatic carbocycles. The van der Waals surface area contributed by atoms with E-state index < -0.39 is 18.6 Å². The fourth-order valence-electron chi connectivity index (χ4n) is 1.44. The van der Waals surface area contributed by atoms with Crippen LogP contribution in [0.5, 0.6) is 0 Å². The van der Waals surface area contributed by atoms with E-state index in [1.54, 1.807) is 28.5 Å².